The Morgan fingerprint density at radius 3 is 2.34 bits per heavy atom. The Morgan fingerprint density at radius 2 is 1.66 bits per heavy atom. The van der Waals surface area contributed by atoms with Crippen molar-refractivity contribution in [2.75, 3.05) is 5.32 Å². The first-order valence-electron chi connectivity index (χ1n) is 10.6. The largest absolute Gasteiger partial charge is 0.489 e. The lowest BCUT2D eigenvalue weighted by molar-refractivity contribution is -0.116. The van der Waals surface area contributed by atoms with Crippen LogP contribution in [-0.4, -0.2) is 18.0 Å². The minimum absolute atomic E-state index is 0.0230. The fourth-order valence-electron chi connectivity index (χ4n) is 2.89. The van der Waals surface area contributed by atoms with E-state index in [9.17, 15) is 9.59 Å². The number of hydrogen-bond donors (Lipinski definition) is 2. The lowest BCUT2D eigenvalue weighted by Crippen LogP contribution is -2.17. The van der Waals surface area contributed by atoms with E-state index in [0.29, 0.717) is 24.3 Å². The molecule has 6 nitrogen and oxygen atoms in total. The van der Waals surface area contributed by atoms with Crippen molar-refractivity contribution in [3.63, 3.8) is 0 Å². The van der Waals surface area contributed by atoms with Gasteiger partial charge >= 0.3 is 0 Å². The molecule has 0 radical (unpaired) electrons. The zero-order valence-electron chi connectivity index (χ0n) is 18.1. The van der Waals surface area contributed by atoms with Crippen molar-refractivity contribution in [1.29, 1.82) is 0 Å². The molecule has 3 aromatic carbocycles. The molecule has 0 aliphatic heterocycles. The second-order valence-corrected chi connectivity index (χ2v) is 7.27. The normalized spacial score (nSPS) is 10.7. The number of nitrogens with one attached hydrogen (secondary N) is 2. The minimum atomic E-state index is -0.326. The number of carbonyl (C=O) groups is 2. The molecule has 2 amide bonds. The summed E-state index contributed by atoms with van der Waals surface area (Å²) in [6, 6.07) is 24.1. The highest BCUT2D eigenvalue weighted by molar-refractivity contribution is 5.96. The number of carbonyl (C=O) groups excluding carboxylic acids is 2. The lowest BCUT2D eigenvalue weighted by atomic mass is 10.2. The molecule has 164 valence electrons. The molecule has 6 heteroatoms. The summed E-state index contributed by atoms with van der Waals surface area (Å²) >= 11 is 0. The van der Waals surface area contributed by atoms with Gasteiger partial charge in [0.1, 0.15) is 12.4 Å². The highest BCUT2D eigenvalue weighted by atomic mass is 16.5. The minimum Gasteiger partial charge on any atom is -0.489 e. The monoisotopic (exact) mass is 429 g/mol. The van der Waals surface area contributed by atoms with Crippen LogP contribution in [0.2, 0.25) is 0 Å². The Labute approximate surface area is 188 Å². The van der Waals surface area contributed by atoms with E-state index in [1.807, 2.05) is 61.5 Å². The maximum absolute atomic E-state index is 12.3. The topological polar surface area (TPSA) is 79.8 Å². The molecule has 0 aliphatic rings. The number of hydrogen-bond acceptors (Lipinski definition) is 4. The Morgan fingerprint density at radius 1 is 0.938 bits per heavy atom. The zero-order valence-corrected chi connectivity index (χ0v) is 18.1. The molecule has 0 saturated carbocycles. The molecule has 0 heterocycles. The van der Waals surface area contributed by atoms with Gasteiger partial charge in [-0.05, 0) is 66.1 Å². The van der Waals surface area contributed by atoms with Crippen molar-refractivity contribution in [2.45, 2.75) is 32.8 Å². The Kier molecular flexibility index (Phi) is 8.57. The average molecular weight is 430 g/mol. The molecule has 0 bridgehead atoms. The van der Waals surface area contributed by atoms with Gasteiger partial charge in [-0.2, -0.15) is 5.10 Å². The van der Waals surface area contributed by atoms with Gasteiger partial charge in [0.2, 0.25) is 5.91 Å². The van der Waals surface area contributed by atoms with Crippen LogP contribution in [0.1, 0.15) is 47.7 Å². The average Bonchev–Trinajstić information content (AvgIpc) is 2.83. The van der Waals surface area contributed by atoms with E-state index in [0.717, 1.165) is 29.7 Å². The van der Waals surface area contributed by atoms with Crippen molar-refractivity contribution in [3.05, 3.63) is 95.6 Å². The van der Waals surface area contributed by atoms with Crippen molar-refractivity contribution in [3.8, 4) is 5.75 Å². The molecular formula is C26H27N3O3. The standard InChI is InChI=1S/C26H27N3O3/c1-2-3-9-25(30)28-23-14-12-22(13-15-23)26(31)29-27-18-20-10-16-24(17-11-20)32-19-21-7-5-4-6-8-21/h4-8,10-18H,2-3,9,19H2,1H3,(H,28,30)(H,29,31). The van der Waals surface area contributed by atoms with Crippen LogP contribution >= 0.6 is 0 Å². The highest BCUT2D eigenvalue weighted by Crippen LogP contribution is 2.14. The number of hydrazone groups is 1. The molecule has 0 aromatic heterocycles. The maximum atomic E-state index is 12.3. The summed E-state index contributed by atoms with van der Waals surface area (Å²) in [4.78, 5) is 24.0. The Hall–Kier alpha value is -3.93. The Bertz CT molecular complexity index is 1030. The molecule has 3 rings (SSSR count). The van der Waals surface area contributed by atoms with Crippen LogP contribution in [0.5, 0.6) is 5.75 Å². The number of anilines is 1. The van der Waals surface area contributed by atoms with Crippen LogP contribution in [0.3, 0.4) is 0 Å². The lowest BCUT2D eigenvalue weighted by Gasteiger charge is -2.06. The first kappa shape index (κ1) is 22.7. The van der Waals surface area contributed by atoms with Gasteiger partial charge in [-0.1, -0.05) is 43.7 Å². The SMILES string of the molecule is CCCCC(=O)Nc1ccc(C(=O)NN=Cc2ccc(OCc3ccccc3)cc2)cc1. The van der Waals surface area contributed by atoms with Gasteiger partial charge in [-0.25, -0.2) is 5.43 Å². The number of nitrogens with zero attached hydrogens (tertiary/aromatic N) is 1. The van der Waals surface area contributed by atoms with Crippen molar-refractivity contribution < 1.29 is 14.3 Å². The molecule has 0 spiro atoms. The molecule has 0 aliphatic carbocycles. The smallest absolute Gasteiger partial charge is 0.271 e. The van der Waals surface area contributed by atoms with E-state index in [1.54, 1.807) is 30.5 Å². The van der Waals surface area contributed by atoms with E-state index in [1.165, 1.54) is 0 Å². The molecule has 2 N–H and O–H groups in total. The van der Waals surface area contributed by atoms with Gasteiger partial charge in [0.15, 0.2) is 0 Å². The summed E-state index contributed by atoms with van der Waals surface area (Å²) in [5.41, 5.74) is 5.57. The summed E-state index contributed by atoms with van der Waals surface area (Å²) in [6.07, 6.45) is 3.89. The van der Waals surface area contributed by atoms with Gasteiger partial charge in [-0.3, -0.25) is 9.59 Å². The van der Waals surface area contributed by atoms with Crippen molar-refractivity contribution in [1.82, 2.24) is 5.43 Å². The molecule has 0 saturated heterocycles. The predicted octanol–water partition coefficient (Wildman–Crippen LogP) is 5.16. The van der Waals surface area contributed by atoms with Gasteiger partial charge in [0, 0.05) is 17.7 Å². The van der Waals surface area contributed by atoms with Crippen LogP contribution < -0.4 is 15.5 Å². The van der Waals surface area contributed by atoms with E-state index in [-0.39, 0.29) is 11.8 Å². The number of ether oxygens (including phenoxy) is 1. The number of unbranched alkanes of at least 4 members (excludes halogenated alkanes) is 1. The fourth-order valence-corrected chi connectivity index (χ4v) is 2.89. The Balaban J connectivity index is 1.45. The second kappa shape index (κ2) is 12.1. The molecule has 32 heavy (non-hydrogen) atoms. The third kappa shape index (κ3) is 7.40. The first-order chi connectivity index (χ1) is 15.6. The number of benzene rings is 3. The molecule has 3 aromatic rings. The third-order valence-corrected chi connectivity index (χ3v) is 4.70. The van der Waals surface area contributed by atoms with E-state index in [4.69, 9.17) is 4.74 Å². The summed E-state index contributed by atoms with van der Waals surface area (Å²) in [5, 5.41) is 6.83. The number of rotatable bonds is 10. The fraction of sp³-hybridized carbons (Fsp3) is 0.192. The maximum Gasteiger partial charge on any atom is 0.271 e. The predicted molar refractivity (Wildman–Crippen MR) is 127 cm³/mol. The summed E-state index contributed by atoms with van der Waals surface area (Å²) < 4.78 is 5.76. The van der Waals surface area contributed by atoms with E-state index >= 15 is 0 Å². The summed E-state index contributed by atoms with van der Waals surface area (Å²) in [7, 11) is 0. The van der Waals surface area contributed by atoms with Crippen LogP contribution in [-0.2, 0) is 11.4 Å². The zero-order chi connectivity index (χ0) is 22.6. The molecular weight excluding hydrogens is 402 g/mol. The second-order valence-electron chi connectivity index (χ2n) is 7.27. The van der Waals surface area contributed by atoms with Gasteiger partial charge in [0.05, 0.1) is 6.21 Å². The van der Waals surface area contributed by atoms with Gasteiger partial charge in [0.25, 0.3) is 5.91 Å². The third-order valence-electron chi connectivity index (χ3n) is 4.70. The summed E-state index contributed by atoms with van der Waals surface area (Å²) in [5.74, 6) is 0.412. The quantitative estimate of drug-likeness (QED) is 0.345. The number of amides is 2. The van der Waals surface area contributed by atoms with Crippen molar-refractivity contribution in [2.24, 2.45) is 5.10 Å². The van der Waals surface area contributed by atoms with Gasteiger partial charge < -0.3 is 10.1 Å². The van der Waals surface area contributed by atoms with Crippen LogP contribution in [0.25, 0.3) is 0 Å². The van der Waals surface area contributed by atoms with Crippen LogP contribution in [0.15, 0.2) is 84.0 Å². The van der Waals surface area contributed by atoms with E-state index in [2.05, 4.69) is 15.8 Å². The van der Waals surface area contributed by atoms with E-state index < -0.39 is 0 Å². The van der Waals surface area contributed by atoms with Crippen LogP contribution in [0, 0.1) is 0 Å². The van der Waals surface area contributed by atoms with Crippen LogP contribution in [0.4, 0.5) is 5.69 Å². The highest BCUT2D eigenvalue weighted by Gasteiger charge is 2.06. The molecule has 0 fully saturated rings. The summed E-state index contributed by atoms with van der Waals surface area (Å²) in [6.45, 7) is 2.55. The molecule has 0 unspecified atom stereocenters. The van der Waals surface area contributed by atoms with Gasteiger partial charge in [-0.15, -0.1) is 0 Å². The van der Waals surface area contributed by atoms with Crippen molar-refractivity contribution >= 4 is 23.7 Å². The first-order valence-corrected chi connectivity index (χ1v) is 10.6. The molecule has 0 atom stereocenters.